The molecule has 5 heteroatoms. The highest BCUT2D eigenvalue weighted by Gasteiger charge is 2.37. The molecule has 0 bridgehead atoms. The van der Waals surface area contributed by atoms with E-state index in [0.29, 0.717) is 12.0 Å². The molecule has 2 N–H and O–H groups in total. The molecule has 28 heavy (non-hydrogen) atoms. The fourth-order valence-corrected chi connectivity index (χ4v) is 5.52. The molecule has 1 aliphatic carbocycles. The van der Waals surface area contributed by atoms with Crippen molar-refractivity contribution in [2.24, 2.45) is 16.8 Å². The van der Waals surface area contributed by atoms with E-state index in [4.69, 9.17) is 0 Å². The normalized spacial score (nSPS) is 31.6. The van der Waals surface area contributed by atoms with Crippen molar-refractivity contribution in [2.75, 3.05) is 33.2 Å². The van der Waals surface area contributed by atoms with Crippen molar-refractivity contribution in [3.8, 4) is 0 Å². The van der Waals surface area contributed by atoms with Gasteiger partial charge in [0.1, 0.15) is 0 Å². The smallest absolute Gasteiger partial charge is 0.193 e. The average molecular weight is 385 g/mol. The number of benzene rings is 1. The number of aliphatic hydroxyl groups is 1. The van der Waals surface area contributed by atoms with Crippen LogP contribution in [-0.2, 0) is 6.54 Å². The third kappa shape index (κ3) is 4.52. The van der Waals surface area contributed by atoms with E-state index in [0.717, 1.165) is 57.3 Å². The monoisotopic (exact) mass is 384 g/mol. The van der Waals surface area contributed by atoms with Crippen molar-refractivity contribution in [1.82, 2.24) is 15.1 Å². The van der Waals surface area contributed by atoms with Crippen LogP contribution in [0.2, 0.25) is 0 Å². The van der Waals surface area contributed by atoms with Gasteiger partial charge in [0.25, 0.3) is 0 Å². The molecule has 1 aromatic carbocycles. The Balaban J connectivity index is 1.33. The molecular weight excluding hydrogens is 348 g/mol. The predicted octanol–water partition coefficient (Wildman–Crippen LogP) is 2.71. The Morgan fingerprint density at radius 2 is 1.96 bits per heavy atom. The number of nitrogens with zero attached hydrogens (tertiary/aromatic N) is 3. The highest BCUT2D eigenvalue weighted by atomic mass is 16.3. The molecule has 2 heterocycles. The minimum absolute atomic E-state index is 0.138. The van der Waals surface area contributed by atoms with Crippen molar-refractivity contribution >= 4 is 5.96 Å². The molecule has 0 radical (unpaired) electrons. The lowest BCUT2D eigenvalue weighted by Crippen LogP contribution is -2.57. The van der Waals surface area contributed by atoms with Gasteiger partial charge in [-0.15, -0.1) is 0 Å². The van der Waals surface area contributed by atoms with E-state index in [2.05, 4.69) is 50.4 Å². The van der Waals surface area contributed by atoms with Crippen molar-refractivity contribution < 1.29 is 5.11 Å². The van der Waals surface area contributed by atoms with E-state index in [1.165, 1.54) is 31.4 Å². The number of fused-ring (bicyclic) bond motifs is 1. The topological polar surface area (TPSA) is 51.1 Å². The maximum Gasteiger partial charge on any atom is 0.193 e. The van der Waals surface area contributed by atoms with E-state index in [-0.39, 0.29) is 6.10 Å². The Labute approximate surface area is 169 Å². The van der Waals surface area contributed by atoms with Crippen molar-refractivity contribution in [2.45, 2.75) is 57.2 Å². The minimum atomic E-state index is -0.138. The first-order chi connectivity index (χ1) is 13.7. The first kappa shape index (κ1) is 19.7. The van der Waals surface area contributed by atoms with E-state index < -0.39 is 0 Å². The summed E-state index contributed by atoms with van der Waals surface area (Å²) in [6.45, 7) is 5.32. The molecule has 1 saturated carbocycles. The third-order valence-corrected chi connectivity index (χ3v) is 7.06. The summed E-state index contributed by atoms with van der Waals surface area (Å²) in [6, 6.07) is 11.6. The first-order valence-electron chi connectivity index (χ1n) is 11.2. The molecule has 3 fully saturated rings. The lowest BCUT2D eigenvalue weighted by Gasteiger charge is -2.48. The second-order valence-electron chi connectivity index (χ2n) is 8.85. The van der Waals surface area contributed by atoms with Gasteiger partial charge in [0.15, 0.2) is 5.96 Å². The van der Waals surface area contributed by atoms with Crippen LogP contribution in [0.25, 0.3) is 0 Å². The van der Waals surface area contributed by atoms with Crippen LogP contribution in [0.15, 0.2) is 35.3 Å². The molecule has 3 aliphatic rings. The zero-order valence-electron chi connectivity index (χ0n) is 17.3. The molecule has 4 unspecified atom stereocenters. The summed E-state index contributed by atoms with van der Waals surface area (Å²) in [5.74, 6) is 2.13. The quantitative estimate of drug-likeness (QED) is 0.619. The SMILES string of the molecule is CN=C(NCC1CCCC1O)N1CCC2C(CCCN2Cc2ccccc2)C1. The number of aliphatic hydroxyl groups excluding tert-OH is 1. The van der Waals surface area contributed by atoms with Crippen LogP contribution in [0.5, 0.6) is 0 Å². The molecule has 1 aromatic rings. The largest absolute Gasteiger partial charge is 0.393 e. The first-order valence-corrected chi connectivity index (χ1v) is 11.2. The molecule has 0 spiro atoms. The summed E-state index contributed by atoms with van der Waals surface area (Å²) in [7, 11) is 1.89. The predicted molar refractivity (Wildman–Crippen MR) is 114 cm³/mol. The van der Waals surface area contributed by atoms with Crippen LogP contribution in [0, 0.1) is 11.8 Å². The van der Waals surface area contributed by atoms with Gasteiger partial charge in [0, 0.05) is 45.2 Å². The number of aliphatic imine (C=N–C) groups is 1. The second kappa shape index (κ2) is 9.27. The van der Waals surface area contributed by atoms with Crippen LogP contribution in [-0.4, -0.2) is 66.2 Å². The number of hydrogen-bond acceptors (Lipinski definition) is 3. The molecule has 4 atom stereocenters. The van der Waals surface area contributed by atoms with Crippen molar-refractivity contribution in [3.63, 3.8) is 0 Å². The van der Waals surface area contributed by atoms with Crippen LogP contribution in [0.4, 0.5) is 0 Å². The van der Waals surface area contributed by atoms with Gasteiger partial charge in [-0.05, 0) is 50.1 Å². The van der Waals surface area contributed by atoms with E-state index in [1.807, 2.05) is 7.05 Å². The van der Waals surface area contributed by atoms with Gasteiger partial charge >= 0.3 is 0 Å². The maximum absolute atomic E-state index is 10.1. The zero-order chi connectivity index (χ0) is 19.3. The van der Waals surface area contributed by atoms with Gasteiger partial charge in [-0.25, -0.2) is 0 Å². The Bertz CT molecular complexity index is 649. The summed E-state index contributed by atoms with van der Waals surface area (Å²) in [5.41, 5.74) is 1.43. The van der Waals surface area contributed by atoms with Gasteiger partial charge in [-0.3, -0.25) is 9.89 Å². The summed E-state index contributed by atoms with van der Waals surface area (Å²) >= 11 is 0. The van der Waals surface area contributed by atoms with Gasteiger partial charge in [-0.2, -0.15) is 0 Å². The number of guanidine groups is 1. The lowest BCUT2D eigenvalue weighted by atomic mass is 9.83. The molecule has 2 aliphatic heterocycles. The van der Waals surface area contributed by atoms with Gasteiger partial charge in [0.2, 0.25) is 0 Å². The van der Waals surface area contributed by atoms with Gasteiger partial charge < -0.3 is 15.3 Å². The minimum Gasteiger partial charge on any atom is -0.393 e. The lowest BCUT2D eigenvalue weighted by molar-refractivity contribution is 0.0370. The molecular formula is C23H36N4O. The summed E-state index contributed by atoms with van der Waals surface area (Å²) in [5, 5.41) is 13.7. The summed E-state index contributed by atoms with van der Waals surface area (Å²) in [6.07, 6.45) is 6.93. The highest BCUT2D eigenvalue weighted by molar-refractivity contribution is 5.80. The molecule has 5 nitrogen and oxygen atoms in total. The molecule has 2 saturated heterocycles. The Hall–Kier alpha value is -1.59. The van der Waals surface area contributed by atoms with Crippen molar-refractivity contribution in [3.05, 3.63) is 35.9 Å². The standard InChI is InChI=1S/C23H36N4O/c1-24-23(25-15-19-9-5-11-22(19)28)27-14-12-21-20(17-27)10-6-13-26(21)16-18-7-3-2-4-8-18/h2-4,7-8,19-22,28H,5-6,9-17H2,1H3,(H,24,25). The zero-order valence-corrected chi connectivity index (χ0v) is 17.3. The Kier molecular flexibility index (Phi) is 6.53. The van der Waals surface area contributed by atoms with Crippen molar-refractivity contribution in [1.29, 1.82) is 0 Å². The van der Waals surface area contributed by atoms with E-state index in [1.54, 1.807) is 0 Å². The highest BCUT2D eigenvalue weighted by Crippen LogP contribution is 2.32. The molecule has 0 aromatic heterocycles. The second-order valence-corrected chi connectivity index (χ2v) is 8.85. The average Bonchev–Trinajstić information content (AvgIpc) is 3.14. The number of piperidine rings is 2. The Morgan fingerprint density at radius 3 is 2.71 bits per heavy atom. The fraction of sp³-hybridized carbons (Fsp3) is 0.696. The molecule has 154 valence electrons. The van der Waals surface area contributed by atoms with Crippen LogP contribution in [0.1, 0.15) is 44.1 Å². The van der Waals surface area contributed by atoms with Crippen LogP contribution < -0.4 is 5.32 Å². The van der Waals surface area contributed by atoms with E-state index >= 15 is 0 Å². The van der Waals surface area contributed by atoms with E-state index in [9.17, 15) is 5.11 Å². The van der Waals surface area contributed by atoms with Crippen LogP contribution in [0.3, 0.4) is 0 Å². The summed E-state index contributed by atoms with van der Waals surface area (Å²) < 4.78 is 0. The fourth-order valence-electron chi connectivity index (χ4n) is 5.52. The number of nitrogens with one attached hydrogen (secondary N) is 1. The molecule has 0 amide bonds. The number of hydrogen-bond donors (Lipinski definition) is 2. The van der Waals surface area contributed by atoms with Gasteiger partial charge in [-0.1, -0.05) is 36.8 Å². The number of rotatable bonds is 4. The number of likely N-dealkylation sites (tertiary alicyclic amines) is 2. The third-order valence-electron chi connectivity index (χ3n) is 7.06. The Morgan fingerprint density at radius 1 is 1.11 bits per heavy atom. The summed E-state index contributed by atoms with van der Waals surface area (Å²) in [4.78, 5) is 9.73. The van der Waals surface area contributed by atoms with Crippen LogP contribution >= 0.6 is 0 Å². The molecule has 4 rings (SSSR count). The maximum atomic E-state index is 10.1. The van der Waals surface area contributed by atoms with Gasteiger partial charge in [0.05, 0.1) is 6.10 Å².